The van der Waals surface area contributed by atoms with E-state index >= 15 is 0 Å². The van der Waals surface area contributed by atoms with Gasteiger partial charge in [0.2, 0.25) is 0 Å². The summed E-state index contributed by atoms with van der Waals surface area (Å²) >= 11 is 0. The van der Waals surface area contributed by atoms with Gasteiger partial charge >= 0.3 is 0 Å². The van der Waals surface area contributed by atoms with Gasteiger partial charge in [-0.05, 0) is 29.7 Å². The maximum atomic E-state index is 12.7. The minimum atomic E-state index is 0.0235. The molecule has 0 spiro atoms. The molecule has 0 atom stereocenters. The van der Waals surface area contributed by atoms with E-state index in [9.17, 15) is 4.79 Å². The molecule has 2 N–H and O–H groups in total. The number of amides is 1. The van der Waals surface area contributed by atoms with E-state index in [0.717, 1.165) is 12.0 Å². The Balaban J connectivity index is 2.02. The molecule has 0 heterocycles. The van der Waals surface area contributed by atoms with Gasteiger partial charge in [0.05, 0.1) is 6.61 Å². The number of ether oxygens (including phenoxy) is 1. The lowest BCUT2D eigenvalue weighted by Crippen LogP contribution is -2.36. The van der Waals surface area contributed by atoms with E-state index in [2.05, 4.69) is 12.1 Å². The van der Waals surface area contributed by atoms with Gasteiger partial charge in [-0.25, -0.2) is 0 Å². The third kappa shape index (κ3) is 5.20. The summed E-state index contributed by atoms with van der Waals surface area (Å²) in [4.78, 5) is 14.5. The number of methoxy groups -OCH3 is 1. The summed E-state index contributed by atoms with van der Waals surface area (Å²) in [7, 11) is 1.66. The predicted molar refractivity (Wildman–Crippen MR) is 92.3 cm³/mol. The summed E-state index contributed by atoms with van der Waals surface area (Å²) in [6.45, 7) is 2.24. The molecule has 4 heteroatoms. The number of nitrogens with two attached hydrogens (primary N) is 1. The standard InChI is InChI=1S/C19H24N2O2/c1-23-15-17-7-9-18(10-8-17)19(22)21(14-12-20)13-11-16-5-3-2-4-6-16/h2-10H,11-15,20H2,1H3. The lowest BCUT2D eigenvalue weighted by molar-refractivity contribution is 0.0762. The van der Waals surface area contributed by atoms with E-state index in [0.29, 0.717) is 31.8 Å². The normalized spacial score (nSPS) is 10.5. The van der Waals surface area contributed by atoms with Crippen LogP contribution in [0.1, 0.15) is 21.5 Å². The Morgan fingerprint density at radius 1 is 1.00 bits per heavy atom. The highest BCUT2D eigenvalue weighted by molar-refractivity contribution is 5.94. The highest BCUT2D eigenvalue weighted by Crippen LogP contribution is 2.10. The molecular weight excluding hydrogens is 288 g/mol. The molecule has 0 aliphatic rings. The molecule has 1 amide bonds. The Morgan fingerprint density at radius 3 is 2.30 bits per heavy atom. The van der Waals surface area contributed by atoms with Crippen molar-refractivity contribution in [3.05, 3.63) is 71.3 Å². The minimum Gasteiger partial charge on any atom is -0.380 e. The van der Waals surface area contributed by atoms with E-state index in [-0.39, 0.29) is 5.91 Å². The van der Waals surface area contributed by atoms with Crippen molar-refractivity contribution in [2.75, 3.05) is 26.7 Å². The minimum absolute atomic E-state index is 0.0235. The quantitative estimate of drug-likeness (QED) is 0.815. The van der Waals surface area contributed by atoms with E-state index in [1.807, 2.05) is 47.4 Å². The summed E-state index contributed by atoms with van der Waals surface area (Å²) in [6.07, 6.45) is 0.828. The van der Waals surface area contributed by atoms with E-state index in [4.69, 9.17) is 10.5 Å². The van der Waals surface area contributed by atoms with Crippen molar-refractivity contribution in [1.82, 2.24) is 4.90 Å². The van der Waals surface area contributed by atoms with Gasteiger partial charge < -0.3 is 15.4 Å². The molecule has 2 aromatic carbocycles. The molecule has 2 rings (SSSR count). The van der Waals surface area contributed by atoms with Crippen LogP contribution in [-0.2, 0) is 17.8 Å². The van der Waals surface area contributed by atoms with Crippen molar-refractivity contribution >= 4 is 5.91 Å². The third-order valence-corrected chi connectivity index (χ3v) is 3.71. The Bertz CT molecular complexity index is 597. The van der Waals surface area contributed by atoms with Crippen LogP contribution in [0.4, 0.5) is 0 Å². The number of rotatable bonds is 8. The van der Waals surface area contributed by atoms with Crippen LogP contribution >= 0.6 is 0 Å². The molecule has 0 radical (unpaired) electrons. The Hall–Kier alpha value is -2.17. The Labute approximate surface area is 137 Å². The molecule has 0 bridgehead atoms. The van der Waals surface area contributed by atoms with E-state index in [1.165, 1.54) is 5.56 Å². The summed E-state index contributed by atoms with van der Waals surface area (Å²) < 4.78 is 5.09. The van der Waals surface area contributed by atoms with Gasteiger partial charge in [0.1, 0.15) is 0 Å². The van der Waals surface area contributed by atoms with Crippen molar-refractivity contribution < 1.29 is 9.53 Å². The molecule has 0 aliphatic carbocycles. The number of nitrogens with zero attached hydrogens (tertiary/aromatic N) is 1. The smallest absolute Gasteiger partial charge is 0.253 e. The van der Waals surface area contributed by atoms with E-state index in [1.54, 1.807) is 7.11 Å². The second-order valence-electron chi connectivity index (χ2n) is 5.45. The average molecular weight is 312 g/mol. The highest BCUT2D eigenvalue weighted by atomic mass is 16.5. The van der Waals surface area contributed by atoms with Crippen LogP contribution < -0.4 is 5.73 Å². The molecule has 0 fully saturated rings. The fourth-order valence-electron chi connectivity index (χ4n) is 2.47. The zero-order valence-corrected chi connectivity index (χ0v) is 13.6. The first-order chi connectivity index (χ1) is 11.2. The molecule has 4 nitrogen and oxygen atoms in total. The van der Waals surface area contributed by atoms with Gasteiger partial charge in [-0.1, -0.05) is 42.5 Å². The number of hydrogen-bond acceptors (Lipinski definition) is 3. The first kappa shape index (κ1) is 17.2. The lowest BCUT2D eigenvalue weighted by Gasteiger charge is -2.22. The zero-order chi connectivity index (χ0) is 16.5. The van der Waals surface area contributed by atoms with Crippen LogP contribution in [0.25, 0.3) is 0 Å². The molecule has 0 aromatic heterocycles. The summed E-state index contributed by atoms with van der Waals surface area (Å²) in [6, 6.07) is 17.7. The van der Waals surface area contributed by atoms with Crippen LogP contribution in [0.5, 0.6) is 0 Å². The predicted octanol–water partition coefficient (Wildman–Crippen LogP) is 2.48. The fourth-order valence-corrected chi connectivity index (χ4v) is 2.47. The number of carbonyl (C=O) groups excluding carboxylic acids is 1. The van der Waals surface area contributed by atoms with Crippen LogP contribution in [0.15, 0.2) is 54.6 Å². The number of hydrogen-bond donors (Lipinski definition) is 1. The van der Waals surface area contributed by atoms with Gasteiger partial charge in [0.15, 0.2) is 0 Å². The van der Waals surface area contributed by atoms with Crippen LogP contribution in [-0.4, -0.2) is 37.6 Å². The molecule has 0 unspecified atom stereocenters. The molecular formula is C19H24N2O2. The van der Waals surface area contributed by atoms with Crippen LogP contribution in [0.2, 0.25) is 0 Å². The highest BCUT2D eigenvalue weighted by Gasteiger charge is 2.15. The molecule has 0 aliphatic heterocycles. The number of benzene rings is 2. The SMILES string of the molecule is COCc1ccc(C(=O)N(CCN)CCc2ccccc2)cc1. The van der Waals surface area contributed by atoms with Gasteiger partial charge in [-0.3, -0.25) is 4.79 Å². The van der Waals surface area contributed by atoms with Crippen LogP contribution in [0, 0.1) is 0 Å². The molecule has 0 saturated heterocycles. The summed E-state index contributed by atoms with van der Waals surface area (Å²) in [5.41, 5.74) is 8.63. The summed E-state index contributed by atoms with van der Waals surface area (Å²) in [5.74, 6) is 0.0235. The third-order valence-electron chi connectivity index (χ3n) is 3.71. The maximum Gasteiger partial charge on any atom is 0.253 e. The first-order valence-corrected chi connectivity index (χ1v) is 7.85. The Morgan fingerprint density at radius 2 is 1.70 bits per heavy atom. The van der Waals surface area contributed by atoms with Gasteiger partial charge in [0.25, 0.3) is 5.91 Å². The van der Waals surface area contributed by atoms with Crippen molar-refractivity contribution in [2.24, 2.45) is 5.73 Å². The largest absolute Gasteiger partial charge is 0.380 e. The van der Waals surface area contributed by atoms with Gasteiger partial charge in [-0.15, -0.1) is 0 Å². The van der Waals surface area contributed by atoms with Crippen molar-refractivity contribution in [1.29, 1.82) is 0 Å². The molecule has 2 aromatic rings. The topological polar surface area (TPSA) is 55.6 Å². The maximum absolute atomic E-state index is 12.7. The lowest BCUT2D eigenvalue weighted by atomic mass is 10.1. The van der Waals surface area contributed by atoms with Crippen LogP contribution in [0.3, 0.4) is 0 Å². The van der Waals surface area contributed by atoms with Crippen molar-refractivity contribution in [2.45, 2.75) is 13.0 Å². The van der Waals surface area contributed by atoms with Crippen molar-refractivity contribution in [3.63, 3.8) is 0 Å². The Kier molecular flexibility index (Phi) is 6.78. The molecule has 0 saturated carbocycles. The molecule has 122 valence electrons. The second kappa shape index (κ2) is 9.08. The average Bonchev–Trinajstić information content (AvgIpc) is 2.60. The zero-order valence-electron chi connectivity index (χ0n) is 13.6. The number of carbonyl (C=O) groups is 1. The van der Waals surface area contributed by atoms with Crippen molar-refractivity contribution in [3.8, 4) is 0 Å². The fraction of sp³-hybridized carbons (Fsp3) is 0.316. The first-order valence-electron chi connectivity index (χ1n) is 7.85. The second-order valence-corrected chi connectivity index (χ2v) is 5.45. The van der Waals surface area contributed by atoms with Gasteiger partial charge in [0, 0.05) is 32.3 Å². The van der Waals surface area contributed by atoms with E-state index < -0.39 is 0 Å². The summed E-state index contributed by atoms with van der Waals surface area (Å²) in [5, 5.41) is 0. The monoisotopic (exact) mass is 312 g/mol. The molecule has 23 heavy (non-hydrogen) atoms. The van der Waals surface area contributed by atoms with Gasteiger partial charge in [-0.2, -0.15) is 0 Å².